The highest BCUT2D eigenvalue weighted by molar-refractivity contribution is 9.10. The Morgan fingerprint density at radius 2 is 2.29 bits per heavy atom. The van der Waals surface area contributed by atoms with Crippen LogP contribution in [0.3, 0.4) is 0 Å². The number of hydrogen-bond acceptors (Lipinski definition) is 3. The van der Waals surface area contributed by atoms with E-state index >= 15 is 0 Å². The lowest BCUT2D eigenvalue weighted by Crippen LogP contribution is -1.97. The second-order valence-corrected chi connectivity index (χ2v) is 4.54. The molecule has 0 radical (unpaired) electrons. The first-order valence-corrected chi connectivity index (χ1v) is 5.86. The van der Waals surface area contributed by atoms with Crippen LogP contribution in [0.5, 0.6) is 5.75 Å². The molecule has 2 aromatic rings. The van der Waals surface area contributed by atoms with Crippen molar-refractivity contribution in [1.29, 1.82) is 0 Å². The van der Waals surface area contributed by atoms with Gasteiger partial charge < -0.3 is 4.74 Å². The van der Waals surface area contributed by atoms with Gasteiger partial charge >= 0.3 is 0 Å². The van der Waals surface area contributed by atoms with Gasteiger partial charge in [0.05, 0.1) is 29.6 Å². The molecule has 4 nitrogen and oxygen atoms in total. The van der Waals surface area contributed by atoms with Crippen LogP contribution in [0.1, 0.15) is 10.4 Å². The number of methoxy groups -OCH3 is 1. The highest BCUT2D eigenvalue weighted by atomic mass is 79.9. The minimum Gasteiger partial charge on any atom is -0.495 e. The number of aldehydes is 1. The average Bonchev–Trinajstić information content (AvgIpc) is 2.78. The molecule has 0 N–H and O–H groups in total. The molecule has 1 aromatic carbocycles. The van der Waals surface area contributed by atoms with Crippen LogP contribution in [0, 0.1) is 0 Å². The molecular formula is C11H8BrClN2O2. The molecule has 0 saturated carbocycles. The van der Waals surface area contributed by atoms with E-state index in [9.17, 15) is 4.79 Å². The maximum atomic E-state index is 10.6. The Hall–Kier alpha value is -1.33. The molecule has 6 heteroatoms. The largest absolute Gasteiger partial charge is 0.495 e. The monoisotopic (exact) mass is 314 g/mol. The number of hydrogen-bond donors (Lipinski definition) is 0. The zero-order valence-electron chi connectivity index (χ0n) is 8.85. The van der Waals surface area contributed by atoms with Crippen molar-refractivity contribution in [3.63, 3.8) is 0 Å². The molecule has 17 heavy (non-hydrogen) atoms. The molecule has 0 aliphatic rings. The molecule has 0 saturated heterocycles. The molecule has 1 aromatic heterocycles. The summed E-state index contributed by atoms with van der Waals surface area (Å²) in [7, 11) is 1.54. The summed E-state index contributed by atoms with van der Waals surface area (Å²) < 4.78 is 7.48. The fourth-order valence-corrected chi connectivity index (χ4v) is 2.28. The molecule has 0 aliphatic heterocycles. The van der Waals surface area contributed by atoms with Gasteiger partial charge in [-0.1, -0.05) is 11.6 Å². The SMILES string of the molecule is COc1cc(-n2cc(C=O)cn2)c(Br)cc1Cl. The number of nitrogens with zero attached hydrogens (tertiary/aromatic N) is 2. The Morgan fingerprint density at radius 3 is 2.88 bits per heavy atom. The summed E-state index contributed by atoms with van der Waals surface area (Å²) in [4.78, 5) is 10.6. The second-order valence-electron chi connectivity index (χ2n) is 3.27. The van der Waals surface area contributed by atoms with Crippen LogP contribution in [0.4, 0.5) is 0 Å². The first kappa shape index (κ1) is 12.1. The van der Waals surface area contributed by atoms with Gasteiger partial charge in [-0.05, 0) is 22.0 Å². The molecule has 0 atom stereocenters. The van der Waals surface area contributed by atoms with Crippen molar-refractivity contribution in [3.8, 4) is 11.4 Å². The fraction of sp³-hybridized carbons (Fsp3) is 0.0909. The first-order valence-electron chi connectivity index (χ1n) is 4.69. The van der Waals surface area contributed by atoms with Gasteiger partial charge in [0.25, 0.3) is 0 Å². The van der Waals surface area contributed by atoms with E-state index in [1.165, 1.54) is 6.20 Å². The van der Waals surface area contributed by atoms with Crippen LogP contribution >= 0.6 is 27.5 Å². The van der Waals surface area contributed by atoms with E-state index in [-0.39, 0.29) is 0 Å². The predicted octanol–water partition coefficient (Wildman–Crippen LogP) is 3.11. The Kier molecular flexibility index (Phi) is 3.49. The lowest BCUT2D eigenvalue weighted by Gasteiger charge is -2.09. The molecule has 0 spiro atoms. The number of carbonyl (C=O) groups is 1. The van der Waals surface area contributed by atoms with Gasteiger partial charge in [-0.25, -0.2) is 4.68 Å². The van der Waals surface area contributed by atoms with Gasteiger partial charge in [0.2, 0.25) is 0 Å². The van der Waals surface area contributed by atoms with Crippen molar-refractivity contribution in [2.24, 2.45) is 0 Å². The zero-order valence-corrected chi connectivity index (χ0v) is 11.2. The lowest BCUT2D eigenvalue weighted by molar-refractivity contribution is 0.112. The number of halogens is 2. The Balaban J connectivity index is 2.54. The lowest BCUT2D eigenvalue weighted by atomic mass is 10.3. The van der Waals surface area contributed by atoms with E-state index in [0.29, 0.717) is 16.3 Å². The van der Waals surface area contributed by atoms with Crippen molar-refractivity contribution >= 4 is 33.8 Å². The molecular weight excluding hydrogens is 307 g/mol. The molecule has 88 valence electrons. The Bertz CT molecular complexity index is 569. The van der Waals surface area contributed by atoms with Crippen molar-refractivity contribution in [3.05, 3.63) is 39.6 Å². The molecule has 0 fully saturated rings. The van der Waals surface area contributed by atoms with E-state index in [1.54, 1.807) is 30.1 Å². The topological polar surface area (TPSA) is 44.1 Å². The summed E-state index contributed by atoms with van der Waals surface area (Å²) in [6.45, 7) is 0. The van der Waals surface area contributed by atoms with Gasteiger partial charge in [-0.2, -0.15) is 5.10 Å². The molecule has 1 heterocycles. The van der Waals surface area contributed by atoms with Gasteiger partial charge in [0, 0.05) is 16.7 Å². The first-order chi connectivity index (χ1) is 8.15. The number of carbonyl (C=O) groups excluding carboxylic acids is 1. The van der Waals surface area contributed by atoms with E-state index in [4.69, 9.17) is 16.3 Å². The van der Waals surface area contributed by atoms with Gasteiger partial charge in [0.15, 0.2) is 6.29 Å². The molecule has 2 rings (SSSR count). The predicted molar refractivity (Wildman–Crippen MR) is 68.2 cm³/mol. The smallest absolute Gasteiger partial charge is 0.153 e. The number of benzene rings is 1. The molecule has 0 bridgehead atoms. The van der Waals surface area contributed by atoms with Gasteiger partial charge in [-0.3, -0.25) is 4.79 Å². The maximum Gasteiger partial charge on any atom is 0.153 e. The zero-order chi connectivity index (χ0) is 12.4. The third-order valence-corrected chi connectivity index (χ3v) is 3.14. The highest BCUT2D eigenvalue weighted by Gasteiger charge is 2.10. The quantitative estimate of drug-likeness (QED) is 0.818. The standard InChI is InChI=1S/C11H8BrClN2O2/c1-17-11-3-10(8(12)2-9(11)13)15-5-7(6-16)4-14-15/h2-6H,1H3. The van der Waals surface area contributed by atoms with E-state index in [2.05, 4.69) is 21.0 Å². The average molecular weight is 316 g/mol. The van der Waals surface area contributed by atoms with E-state index < -0.39 is 0 Å². The third-order valence-electron chi connectivity index (χ3n) is 2.21. The molecule has 0 aliphatic carbocycles. The van der Waals surface area contributed by atoms with Crippen LogP contribution in [-0.4, -0.2) is 23.2 Å². The highest BCUT2D eigenvalue weighted by Crippen LogP contribution is 2.32. The van der Waals surface area contributed by atoms with Crippen molar-refractivity contribution in [2.75, 3.05) is 7.11 Å². The Labute approximate surface area is 111 Å². The fourth-order valence-electron chi connectivity index (χ4n) is 1.38. The minimum atomic E-state index is 0.505. The number of aromatic nitrogens is 2. The molecule has 0 unspecified atom stereocenters. The van der Waals surface area contributed by atoms with Crippen LogP contribution in [0.25, 0.3) is 5.69 Å². The number of ether oxygens (including phenoxy) is 1. The second kappa shape index (κ2) is 4.89. The summed E-state index contributed by atoms with van der Waals surface area (Å²) in [5.41, 5.74) is 1.25. The Morgan fingerprint density at radius 1 is 1.53 bits per heavy atom. The maximum absolute atomic E-state index is 10.6. The van der Waals surface area contributed by atoms with Crippen LogP contribution in [-0.2, 0) is 0 Å². The van der Waals surface area contributed by atoms with Crippen LogP contribution < -0.4 is 4.74 Å². The normalized spacial score (nSPS) is 10.3. The van der Waals surface area contributed by atoms with Crippen LogP contribution in [0.2, 0.25) is 5.02 Å². The summed E-state index contributed by atoms with van der Waals surface area (Å²) in [6, 6.07) is 3.46. The van der Waals surface area contributed by atoms with Crippen LogP contribution in [0.15, 0.2) is 29.0 Å². The van der Waals surface area contributed by atoms with Crippen molar-refractivity contribution in [1.82, 2.24) is 9.78 Å². The van der Waals surface area contributed by atoms with Crippen molar-refractivity contribution in [2.45, 2.75) is 0 Å². The van der Waals surface area contributed by atoms with E-state index in [1.807, 2.05) is 0 Å². The summed E-state index contributed by atoms with van der Waals surface area (Å²) in [6.07, 6.45) is 3.85. The minimum absolute atomic E-state index is 0.505. The van der Waals surface area contributed by atoms with Gasteiger partial charge in [-0.15, -0.1) is 0 Å². The van der Waals surface area contributed by atoms with Crippen molar-refractivity contribution < 1.29 is 9.53 Å². The number of rotatable bonds is 3. The third kappa shape index (κ3) is 2.35. The molecule has 0 amide bonds. The summed E-state index contributed by atoms with van der Waals surface area (Å²) in [5.74, 6) is 0.549. The summed E-state index contributed by atoms with van der Waals surface area (Å²) >= 11 is 9.37. The van der Waals surface area contributed by atoms with Gasteiger partial charge in [0.1, 0.15) is 5.75 Å². The summed E-state index contributed by atoms with van der Waals surface area (Å²) in [5, 5.41) is 4.59. The van der Waals surface area contributed by atoms with E-state index in [0.717, 1.165) is 16.4 Å².